The molecule has 1 amide bonds. The predicted molar refractivity (Wildman–Crippen MR) is 99.7 cm³/mol. The molecule has 0 bridgehead atoms. The Hall–Kier alpha value is -3.37. The molecule has 1 atom stereocenters. The standard InChI is InChI=1S/C19H19F3N6O2/c1-3-30-17-8-11(4-6-23-17)13-9-14-12(5-7-28(14)25-13)24-18(29)15-10-16(19(20,21)22)26-27(15)2/h4,6,8-10,12H,3,5,7H2,1-2H3,(H,24,29)/t12-/m0/s1. The van der Waals surface area contributed by atoms with E-state index in [9.17, 15) is 18.0 Å². The highest BCUT2D eigenvalue weighted by Crippen LogP contribution is 2.32. The third-order valence-corrected chi connectivity index (χ3v) is 4.83. The van der Waals surface area contributed by atoms with Crippen LogP contribution in [0.2, 0.25) is 0 Å². The highest BCUT2D eigenvalue weighted by Gasteiger charge is 2.36. The SMILES string of the molecule is CCOc1cc(-c2cc3n(n2)CC[C@@H]3NC(=O)c2cc(C(F)(F)F)nn2C)ccn1. The number of amides is 1. The maximum atomic E-state index is 12.9. The first-order valence-corrected chi connectivity index (χ1v) is 9.35. The Kier molecular flexibility index (Phi) is 4.96. The van der Waals surface area contributed by atoms with Crippen molar-refractivity contribution in [2.24, 2.45) is 7.05 Å². The fraction of sp³-hybridized carbons (Fsp3) is 0.368. The molecule has 4 rings (SSSR count). The van der Waals surface area contributed by atoms with Gasteiger partial charge in [-0.2, -0.15) is 23.4 Å². The second-order valence-corrected chi connectivity index (χ2v) is 6.84. The summed E-state index contributed by atoms with van der Waals surface area (Å²) in [5.41, 5.74) is 1.05. The molecule has 0 saturated carbocycles. The van der Waals surface area contributed by atoms with Crippen LogP contribution in [0, 0.1) is 0 Å². The molecule has 8 nitrogen and oxygen atoms in total. The third kappa shape index (κ3) is 3.74. The molecule has 0 saturated heterocycles. The highest BCUT2D eigenvalue weighted by atomic mass is 19.4. The van der Waals surface area contributed by atoms with E-state index in [2.05, 4.69) is 20.5 Å². The van der Waals surface area contributed by atoms with E-state index >= 15 is 0 Å². The maximum Gasteiger partial charge on any atom is 0.435 e. The zero-order chi connectivity index (χ0) is 21.5. The number of hydrogen-bond acceptors (Lipinski definition) is 5. The molecule has 1 aliphatic rings. The molecule has 0 spiro atoms. The largest absolute Gasteiger partial charge is 0.478 e. The van der Waals surface area contributed by atoms with Gasteiger partial charge >= 0.3 is 6.18 Å². The monoisotopic (exact) mass is 420 g/mol. The maximum absolute atomic E-state index is 12.9. The van der Waals surface area contributed by atoms with Crippen molar-refractivity contribution in [2.75, 3.05) is 6.61 Å². The van der Waals surface area contributed by atoms with Crippen molar-refractivity contribution in [3.05, 3.63) is 47.5 Å². The minimum Gasteiger partial charge on any atom is -0.478 e. The molecular formula is C19H19F3N6O2. The molecule has 1 aliphatic heterocycles. The van der Waals surface area contributed by atoms with Gasteiger partial charge in [-0.25, -0.2) is 4.98 Å². The molecule has 30 heavy (non-hydrogen) atoms. The third-order valence-electron chi connectivity index (χ3n) is 4.83. The van der Waals surface area contributed by atoms with Crippen molar-refractivity contribution in [2.45, 2.75) is 32.1 Å². The predicted octanol–water partition coefficient (Wildman–Crippen LogP) is 2.97. The van der Waals surface area contributed by atoms with Crippen LogP contribution in [0.3, 0.4) is 0 Å². The molecule has 3 aromatic heterocycles. The van der Waals surface area contributed by atoms with Crippen molar-refractivity contribution in [3.63, 3.8) is 0 Å². The first-order valence-electron chi connectivity index (χ1n) is 9.35. The van der Waals surface area contributed by atoms with Gasteiger partial charge in [-0.05, 0) is 25.5 Å². The molecule has 3 aromatic rings. The lowest BCUT2D eigenvalue weighted by atomic mass is 10.1. The number of ether oxygens (including phenoxy) is 1. The second-order valence-electron chi connectivity index (χ2n) is 6.84. The number of rotatable bonds is 5. The summed E-state index contributed by atoms with van der Waals surface area (Å²) >= 11 is 0. The van der Waals surface area contributed by atoms with Gasteiger partial charge in [0.15, 0.2) is 5.69 Å². The van der Waals surface area contributed by atoms with E-state index in [1.165, 1.54) is 7.05 Å². The molecule has 158 valence electrons. The topological polar surface area (TPSA) is 86.9 Å². The van der Waals surface area contributed by atoms with E-state index in [1.54, 1.807) is 16.9 Å². The number of alkyl halides is 3. The Morgan fingerprint density at radius 3 is 2.80 bits per heavy atom. The molecule has 0 aliphatic carbocycles. The van der Waals surface area contributed by atoms with E-state index in [4.69, 9.17) is 4.74 Å². The zero-order valence-corrected chi connectivity index (χ0v) is 16.3. The Balaban J connectivity index is 1.54. The fourth-order valence-electron chi connectivity index (χ4n) is 3.42. The number of nitrogens with zero attached hydrogens (tertiary/aromatic N) is 5. The van der Waals surface area contributed by atoms with Crippen LogP contribution in [0.4, 0.5) is 13.2 Å². The van der Waals surface area contributed by atoms with Gasteiger partial charge in [0, 0.05) is 37.5 Å². The van der Waals surface area contributed by atoms with Crippen LogP contribution in [0.5, 0.6) is 5.88 Å². The molecule has 0 fully saturated rings. The molecule has 0 unspecified atom stereocenters. The number of aryl methyl sites for hydroxylation is 2. The summed E-state index contributed by atoms with van der Waals surface area (Å²) in [7, 11) is 1.31. The van der Waals surface area contributed by atoms with Crippen LogP contribution in [0.25, 0.3) is 11.3 Å². The van der Waals surface area contributed by atoms with Gasteiger partial charge < -0.3 is 10.1 Å². The number of pyridine rings is 1. The Morgan fingerprint density at radius 1 is 1.30 bits per heavy atom. The molecular weight excluding hydrogens is 401 g/mol. The summed E-state index contributed by atoms with van der Waals surface area (Å²) in [6.45, 7) is 2.95. The highest BCUT2D eigenvalue weighted by molar-refractivity contribution is 5.93. The van der Waals surface area contributed by atoms with Gasteiger partial charge in [0.2, 0.25) is 5.88 Å². The van der Waals surface area contributed by atoms with Gasteiger partial charge in [-0.1, -0.05) is 0 Å². The lowest BCUT2D eigenvalue weighted by Crippen LogP contribution is -2.28. The van der Waals surface area contributed by atoms with Crippen LogP contribution in [0.1, 0.15) is 41.3 Å². The molecule has 4 heterocycles. The number of aromatic nitrogens is 5. The van der Waals surface area contributed by atoms with Crippen LogP contribution in [0.15, 0.2) is 30.5 Å². The zero-order valence-electron chi connectivity index (χ0n) is 16.3. The lowest BCUT2D eigenvalue weighted by Gasteiger charge is -2.11. The van der Waals surface area contributed by atoms with Crippen LogP contribution in [-0.2, 0) is 19.8 Å². The van der Waals surface area contributed by atoms with E-state index in [0.29, 0.717) is 31.1 Å². The quantitative estimate of drug-likeness (QED) is 0.686. The first kappa shape index (κ1) is 19.9. The normalized spacial score (nSPS) is 15.8. The number of hydrogen-bond donors (Lipinski definition) is 1. The van der Waals surface area contributed by atoms with Gasteiger partial charge in [-0.15, -0.1) is 0 Å². The smallest absolute Gasteiger partial charge is 0.435 e. The number of carbonyl (C=O) groups is 1. The van der Waals surface area contributed by atoms with Crippen LogP contribution >= 0.6 is 0 Å². The van der Waals surface area contributed by atoms with Crippen molar-refractivity contribution in [1.82, 2.24) is 29.9 Å². The van der Waals surface area contributed by atoms with Gasteiger partial charge in [0.1, 0.15) is 5.69 Å². The van der Waals surface area contributed by atoms with E-state index < -0.39 is 17.8 Å². The van der Waals surface area contributed by atoms with Crippen molar-refractivity contribution in [3.8, 4) is 17.1 Å². The lowest BCUT2D eigenvalue weighted by molar-refractivity contribution is -0.141. The average Bonchev–Trinajstić information content (AvgIpc) is 3.37. The molecule has 0 radical (unpaired) electrons. The Bertz CT molecular complexity index is 1090. The first-order chi connectivity index (χ1) is 14.3. The van der Waals surface area contributed by atoms with Crippen molar-refractivity contribution in [1.29, 1.82) is 0 Å². The number of fused-ring (bicyclic) bond motifs is 1. The average molecular weight is 420 g/mol. The summed E-state index contributed by atoms with van der Waals surface area (Å²) in [5.74, 6) is -0.131. The van der Waals surface area contributed by atoms with Crippen LogP contribution < -0.4 is 10.1 Å². The summed E-state index contributed by atoms with van der Waals surface area (Å²) in [4.78, 5) is 16.7. The van der Waals surface area contributed by atoms with Crippen molar-refractivity contribution < 1.29 is 22.7 Å². The Morgan fingerprint density at radius 2 is 2.10 bits per heavy atom. The van der Waals surface area contributed by atoms with E-state index in [0.717, 1.165) is 22.0 Å². The second kappa shape index (κ2) is 7.47. The molecule has 11 heteroatoms. The molecule has 1 N–H and O–H groups in total. The number of halogens is 3. The molecule has 0 aromatic carbocycles. The number of nitrogens with one attached hydrogen (secondary N) is 1. The minimum atomic E-state index is -4.61. The van der Waals surface area contributed by atoms with Crippen LogP contribution in [-0.4, -0.2) is 37.1 Å². The number of carbonyl (C=O) groups excluding carboxylic acids is 1. The summed E-state index contributed by atoms with van der Waals surface area (Å²) in [6.07, 6.45) is -2.38. The van der Waals surface area contributed by atoms with E-state index in [-0.39, 0.29) is 11.7 Å². The van der Waals surface area contributed by atoms with Gasteiger partial charge in [-0.3, -0.25) is 14.2 Å². The van der Waals surface area contributed by atoms with Gasteiger partial charge in [0.25, 0.3) is 5.91 Å². The van der Waals surface area contributed by atoms with E-state index in [1.807, 2.05) is 19.1 Å². The van der Waals surface area contributed by atoms with Crippen molar-refractivity contribution >= 4 is 5.91 Å². The minimum absolute atomic E-state index is 0.156. The summed E-state index contributed by atoms with van der Waals surface area (Å²) in [6, 6.07) is 5.83. The summed E-state index contributed by atoms with van der Waals surface area (Å²) < 4.78 is 46.7. The summed E-state index contributed by atoms with van der Waals surface area (Å²) in [5, 5.41) is 10.7. The Labute approximate surface area is 169 Å². The van der Waals surface area contributed by atoms with Gasteiger partial charge in [0.05, 0.1) is 24.0 Å². The fourth-order valence-corrected chi connectivity index (χ4v) is 3.42.